The van der Waals surface area contributed by atoms with E-state index in [0.29, 0.717) is 37.9 Å². The molecule has 11 nitrogen and oxygen atoms in total. The lowest BCUT2D eigenvalue weighted by molar-refractivity contribution is -0.133. The lowest BCUT2D eigenvalue weighted by Gasteiger charge is -2.41. The topological polar surface area (TPSA) is 144 Å². The molecular weight excluding hydrogens is 482 g/mol. The number of para-hydroxylation sites is 1. The van der Waals surface area contributed by atoms with Crippen molar-refractivity contribution >= 4 is 38.3 Å². The maximum Gasteiger partial charge on any atom is 0.261 e. The van der Waals surface area contributed by atoms with E-state index in [4.69, 9.17) is 5.10 Å². The summed E-state index contributed by atoms with van der Waals surface area (Å²) in [5.41, 5.74) is -0.307. The summed E-state index contributed by atoms with van der Waals surface area (Å²) in [5, 5.41) is 17.8. The first-order valence-electron chi connectivity index (χ1n) is 11.7. The largest absolute Gasteiger partial charge is 0.343 e. The normalized spacial score (nSPS) is 15.7. The number of benzene rings is 1. The molecule has 3 aromatic rings. The minimum absolute atomic E-state index is 0.0446. The number of amides is 1. The molecule has 190 valence electrons. The highest BCUT2D eigenvalue weighted by atomic mass is 32.2. The van der Waals surface area contributed by atoms with Gasteiger partial charge in [0.15, 0.2) is 5.82 Å². The summed E-state index contributed by atoms with van der Waals surface area (Å²) < 4.78 is 28.6. The molecule has 0 radical (unpaired) electrons. The van der Waals surface area contributed by atoms with E-state index in [0.717, 1.165) is 4.31 Å². The Balaban J connectivity index is 1.84. The number of nitrogens with zero attached hydrogens (tertiary/aromatic N) is 5. The van der Waals surface area contributed by atoms with Crippen LogP contribution in [0.25, 0.3) is 10.9 Å². The van der Waals surface area contributed by atoms with Crippen molar-refractivity contribution in [3.05, 3.63) is 46.9 Å². The van der Waals surface area contributed by atoms with Gasteiger partial charge in [-0.25, -0.2) is 12.7 Å². The van der Waals surface area contributed by atoms with Crippen LogP contribution in [0, 0.1) is 11.3 Å². The number of rotatable bonds is 7. The van der Waals surface area contributed by atoms with Crippen molar-refractivity contribution < 1.29 is 13.2 Å². The van der Waals surface area contributed by atoms with Gasteiger partial charge in [-0.3, -0.25) is 14.3 Å². The third kappa shape index (κ3) is 4.36. The van der Waals surface area contributed by atoms with E-state index in [1.54, 1.807) is 33.8 Å². The van der Waals surface area contributed by atoms with E-state index in [1.807, 2.05) is 6.92 Å². The number of hydrogen-bond donors (Lipinski definition) is 2. The van der Waals surface area contributed by atoms with Gasteiger partial charge in [-0.1, -0.05) is 19.1 Å². The van der Waals surface area contributed by atoms with Gasteiger partial charge in [-0.15, -0.1) is 0 Å². The molecule has 1 aromatic carbocycles. The van der Waals surface area contributed by atoms with Crippen molar-refractivity contribution in [1.29, 1.82) is 5.26 Å². The predicted molar refractivity (Wildman–Crippen MR) is 135 cm³/mol. The molecule has 2 N–H and O–H groups in total. The van der Waals surface area contributed by atoms with Crippen molar-refractivity contribution in [2.75, 3.05) is 32.5 Å². The lowest BCUT2D eigenvalue weighted by atomic mass is 9.84. The molecule has 1 amide bonds. The molecule has 0 aliphatic carbocycles. The molecule has 12 heteroatoms. The molecule has 0 atom stereocenters. The molecule has 0 bridgehead atoms. The van der Waals surface area contributed by atoms with Gasteiger partial charge in [0.2, 0.25) is 15.9 Å². The first-order valence-corrected chi connectivity index (χ1v) is 13.1. The maximum atomic E-state index is 12.9. The number of aromatic nitrogens is 3. The fraction of sp³-hybridized carbons (Fsp3) is 0.417. The Morgan fingerprint density at radius 2 is 1.94 bits per heavy atom. The number of carbonyl (C=O) groups is 1. The summed E-state index contributed by atoms with van der Waals surface area (Å²) in [6.07, 6.45) is 3.08. The van der Waals surface area contributed by atoms with Crippen LogP contribution in [0.1, 0.15) is 32.6 Å². The third-order valence-corrected chi connectivity index (χ3v) is 8.58. The Hall–Kier alpha value is -3.69. The van der Waals surface area contributed by atoms with Gasteiger partial charge in [0.05, 0.1) is 29.2 Å². The number of piperidine rings is 1. The summed E-state index contributed by atoms with van der Waals surface area (Å²) in [6.45, 7) is 2.77. The van der Waals surface area contributed by atoms with Crippen LogP contribution in [0.2, 0.25) is 0 Å². The minimum atomic E-state index is -3.77. The molecule has 36 heavy (non-hydrogen) atoms. The molecule has 3 heterocycles. The number of likely N-dealkylation sites (tertiary alicyclic amines) is 1. The fourth-order valence-corrected chi connectivity index (χ4v) is 5.69. The Labute approximate surface area is 209 Å². The molecule has 1 aliphatic heterocycles. The summed E-state index contributed by atoms with van der Waals surface area (Å²) in [7, 11) is -0.879. The number of aromatic amines is 1. The third-order valence-electron chi connectivity index (χ3n) is 6.71. The first-order chi connectivity index (χ1) is 17.1. The number of nitrogens with one attached hydrogen (secondary N) is 2. The van der Waals surface area contributed by atoms with Gasteiger partial charge in [0.25, 0.3) is 5.56 Å². The number of sulfonamides is 1. The van der Waals surface area contributed by atoms with Crippen LogP contribution < -0.4 is 10.9 Å². The number of pyridine rings is 1. The average molecular weight is 512 g/mol. The summed E-state index contributed by atoms with van der Waals surface area (Å²) in [5.74, 6) is 0.251. The Morgan fingerprint density at radius 1 is 1.25 bits per heavy atom. The monoisotopic (exact) mass is 511 g/mol. The zero-order valence-electron chi connectivity index (χ0n) is 20.5. The van der Waals surface area contributed by atoms with Gasteiger partial charge in [0, 0.05) is 39.8 Å². The summed E-state index contributed by atoms with van der Waals surface area (Å²) in [4.78, 5) is 29.6. The zero-order valence-corrected chi connectivity index (χ0v) is 21.3. The number of nitriles is 1. The molecule has 0 saturated carbocycles. The second-order valence-electron chi connectivity index (χ2n) is 9.03. The Kier molecular flexibility index (Phi) is 6.88. The number of H-pyrrole nitrogens is 1. The van der Waals surface area contributed by atoms with Crippen molar-refractivity contribution in [2.24, 2.45) is 0 Å². The van der Waals surface area contributed by atoms with Crippen LogP contribution in [0.15, 0.2) is 46.2 Å². The maximum absolute atomic E-state index is 12.9. The summed E-state index contributed by atoms with van der Waals surface area (Å²) in [6, 6.07) is 10.4. The van der Waals surface area contributed by atoms with E-state index < -0.39 is 15.6 Å². The van der Waals surface area contributed by atoms with Crippen molar-refractivity contribution in [2.45, 2.75) is 43.0 Å². The van der Waals surface area contributed by atoms with Crippen LogP contribution in [-0.2, 0) is 20.4 Å². The van der Waals surface area contributed by atoms with Crippen LogP contribution in [0.5, 0.6) is 0 Å². The predicted octanol–water partition coefficient (Wildman–Crippen LogP) is 2.36. The van der Waals surface area contributed by atoms with Crippen molar-refractivity contribution in [3.63, 3.8) is 0 Å². The quantitative estimate of drug-likeness (QED) is 0.495. The van der Waals surface area contributed by atoms with Crippen LogP contribution in [-0.4, -0.2) is 65.5 Å². The molecule has 0 unspecified atom stereocenters. The van der Waals surface area contributed by atoms with Crippen LogP contribution in [0.3, 0.4) is 0 Å². The standard InChI is InChI=1S/C24H29N7O4S/c1-4-20(32)30-15-11-24(10-13-25,12-16-30)31-18-9-14-26-23(33)21(18)22(28-31)27-17-7-5-6-8-19(17)36(34,35)29(2)3/h5-9,14H,4,10-12,15-16H2,1-3H3,(H,26,33)(H,27,28). The first kappa shape index (κ1) is 25.4. The molecular formula is C24H29N7O4S. The number of anilines is 2. The van der Waals surface area contributed by atoms with E-state index in [9.17, 15) is 23.3 Å². The SMILES string of the molecule is CCC(=O)N1CCC(CC#N)(n2nc(Nc3ccccc3S(=O)(=O)N(C)C)c3c(=O)[nH]ccc32)CC1. The second kappa shape index (κ2) is 9.75. The summed E-state index contributed by atoms with van der Waals surface area (Å²) >= 11 is 0. The zero-order chi connectivity index (χ0) is 26.1. The van der Waals surface area contributed by atoms with E-state index >= 15 is 0 Å². The molecule has 2 aromatic heterocycles. The molecule has 1 aliphatic rings. The van der Waals surface area contributed by atoms with Gasteiger partial charge in [0.1, 0.15) is 10.3 Å². The highest BCUT2D eigenvalue weighted by Gasteiger charge is 2.40. The molecule has 4 rings (SSSR count). The van der Waals surface area contributed by atoms with Gasteiger partial charge in [-0.2, -0.15) is 10.4 Å². The van der Waals surface area contributed by atoms with Gasteiger partial charge < -0.3 is 15.2 Å². The lowest BCUT2D eigenvalue weighted by Crippen LogP contribution is -2.48. The number of fused-ring (bicyclic) bond motifs is 1. The van der Waals surface area contributed by atoms with Crippen LogP contribution >= 0.6 is 0 Å². The van der Waals surface area contributed by atoms with Gasteiger partial charge in [-0.05, 0) is 31.0 Å². The van der Waals surface area contributed by atoms with Crippen molar-refractivity contribution in [1.82, 2.24) is 24.0 Å². The average Bonchev–Trinajstić information content (AvgIpc) is 3.24. The smallest absolute Gasteiger partial charge is 0.261 e. The highest BCUT2D eigenvalue weighted by molar-refractivity contribution is 7.89. The number of carbonyl (C=O) groups excluding carboxylic acids is 1. The van der Waals surface area contributed by atoms with E-state index in [2.05, 4.69) is 16.4 Å². The Bertz CT molecular complexity index is 1490. The molecule has 0 spiro atoms. The van der Waals surface area contributed by atoms with E-state index in [1.165, 1.54) is 26.4 Å². The highest BCUT2D eigenvalue weighted by Crippen LogP contribution is 2.38. The molecule has 1 saturated heterocycles. The second-order valence-corrected chi connectivity index (χ2v) is 11.1. The van der Waals surface area contributed by atoms with Gasteiger partial charge >= 0.3 is 0 Å². The fourth-order valence-electron chi connectivity index (χ4n) is 4.65. The van der Waals surface area contributed by atoms with Crippen LogP contribution in [0.4, 0.5) is 11.5 Å². The van der Waals surface area contributed by atoms with Crippen molar-refractivity contribution in [3.8, 4) is 6.07 Å². The minimum Gasteiger partial charge on any atom is -0.343 e. The Morgan fingerprint density at radius 3 is 2.58 bits per heavy atom. The number of hydrogen-bond acceptors (Lipinski definition) is 7. The van der Waals surface area contributed by atoms with E-state index in [-0.39, 0.29) is 39.7 Å². The molecule has 1 fully saturated rings.